The van der Waals surface area contributed by atoms with Gasteiger partial charge in [0.05, 0.1) is 5.02 Å². The van der Waals surface area contributed by atoms with Gasteiger partial charge in [-0.2, -0.15) is 0 Å². The first kappa shape index (κ1) is 16.5. The van der Waals surface area contributed by atoms with Gasteiger partial charge in [0.2, 0.25) is 5.91 Å². The van der Waals surface area contributed by atoms with Gasteiger partial charge >= 0.3 is 0 Å². The number of nitrogens with zero attached hydrogens (tertiary/aromatic N) is 1. The molecule has 2 rings (SSSR count). The SMILES string of the molecule is CC#CCOc1ccc(C2=CCC(C)C(=O)N2CC)c(Cl)c1. The van der Waals surface area contributed by atoms with Crippen molar-refractivity contribution in [2.45, 2.75) is 27.2 Å². The summed E-state index contributed by atoms with van der Waals surface area (Å²) >= 11 is 6.39. The first-order valence-corrected chi connectivity index (χ1v) is 7.80. The maximum absolute atomic E-state index is 12.3. The second-order valence-corrected chi connectivity index (χ2v) is 5.57. The molecule has 1 aliphatic heterocycles. The van der Waals surface area contributed by atoms with E-state index in [2.05, 4.69) is 17.9 Å². The van der Waals surface area contributed by atoms with Gasteiger partial charge < -0.3 is 9.64 Å². The highest BCUT2D eigenvalue weighted by Crippen LogP contribution is 2.34. The van der Waals surface area contributed by atoms with E-state index >= 15 is 0 Å². The second kappa shape index (κ2) is 7.38. The molecule has 0 spiro atoms. The molecule has 1 unspecified atom stereocenters. The topological polar surface area (TPSA) is 29.5 Å². The van der Waals surface area contributed by atoms with Crippen LogP contribution in [-0.4, -0.2) is 24.0 Å². The van der Waals surface area contributed by atoms with Crippen LogP contribution >= 0.6 is 11.6 Å². The van der Waals surface area contributed by atoms with E-state index in [1.807, 2.05) is 26.0 Å². The van der Waals surface area contributed by atoms with Crippen molar-refractivity contribution in [3.63, 3.8) is 0 Å². The van der Waals surface area contributed by atoms with E-state index in [9.17, 15) is 4.79 Å². The van der Waals surface area contributed by atoms with Crippen LogP contribution in [-0.2, 0) is 4.79 Å². The Labute approximate surface area is 136 Å². The van der Waals surface area contributed by atoms with Crippen LogP contribution in [0.25, 0.3) is 5.70 Å². The predicted octanol–water partition coefficient (Wildman–Crippen LogP) is 3.97. The molecule has 0 saturated heterocycles. The molecule has 0 fully saturated rings. The molecule has 0 radical (unpaired) electrons. The van der Waals surface area contributed by atoms with Crippen molar-refractivity contribution in [2.24, 2.45) is 5.92 Å². The molecule has 22 heavy (non-hydrogen) atoms. The minimum atomic E-state index is 0.0256. The lowest BCUT2D eigenvalue weighted by molar-refractivity contribution is -0.131. The first-order valence-electron chi connectivity index (χ1n) is 7.42. The molecule has 0 aromatic heterocycles. The minimum absolute atomic E-state index is 0.0256. The normalized spacial score (nSPS) is 17.6. The minimum Gasteiger partial charge on any atom is -0.481 e. The lowest BCUT2D eigenvalue weighted by Crippen LogP contribution is -2.36. The fourth-order valence-corrected chi connectivity index (χ4v) is 2.72. The van der Waals surface area contributed by atoms with E-state index in [1.165, 1.54) is 0 Å². The Morgan fingerprint density at radius 2 is 2.23 bits per heavy atom. The van der Waals surface area contributed by atoms with Crippen molar-refractivity contribution in [3.05, 3.63) is 34.9 Å². The molecule has 1 aromatic carbocycles. The molecule has 0 bridgehead atoms. The number of halogens is 1. The number of carbonyl (C=O) groups excluding carboxylic acids is 1. The van der Waals surface area contributed by atoms with Crippen molar-refractivity contribution in [1.82, 2.24) is 4.90 Å². The Hall–Kier alpha value is -1.92. The number of hydrogen-bond acceptors (Lipinski definition) is 2. The average Bonchev–Trinajstić information content (AvgIpc) is 2.51. The van der Waals surface area contributed by atoms with Crippen LogP contribution in [0.5, 0.6) is 5.75 Å². The molecule has 3 nitrogen and oxygen atoms in total. The van der Waals surface area contributed by atoms with Gasteiger partial charge in [-0.25, -0.2) is 0 Å². The fourth-order valence-electron chi connectivity index (χ4n) is 2.45. The van der Waals surface area contributed by atoms with Crippen molar-refractivity contribution >= 4 is 23.2 Å². The van der Waals surface area contributed by atoms with E-state index in [-0.39, 0.29) is 11.8 Å². The zero-order valence-electron chi connectivity index (χ0n) is 13.1. The van der Waals surface area contributed by atoms with Gasteiger partial charge in [0.1, 0.15) is 12.4 Å². The summed E-state index contributed by atoms with van der Waals surface area (Å²) < 4.78 is 5.50. The van der Waals surface area contributed by atoms with Crippen LogP contribution in [0.1, 0.15) is 32.8 Å². The highest BCUT2D eigenvalue weighted by atomic mass is 35.5. The maximum Gasteiger partial charge on any atom is 0.230 e. The summed E-state index contributed by atoms with van der Waals surface area (Å²) in [6.45, 7) is 6.66. The summed E-state index contributed by atoms with van der Waals surface area (Å²) in [5.74, 6) is 6.47. The molecule has 1 aliphatic rings. The van der Waals surface area contributed by atoms with E-state index in [0.29, 0.717) is 23.9 Å². The Bertz CT molecular complexity index is 655. The molecule has 1 atom stereocenters. The molecule has 4 heteroatoms. The summed E-state index contributed by atoms with van der Waals surface area (Å²) in [4.78, 5) is 14.1. The molecular formula is C18H20ClNO2. The van der Waals surface area contributed by atoms with Gasteiger partial charge in [0.25, 0.3) is 0 Å². The number of ether oxygens (including phenoxy) is 1. The van der Waals surface area contributed by atoms with Crippen LogP contribution in [0, 0.1) is 17.8 Å². The lowest BCUT2D eigenvalue weighted by atomic mass is 9.97. The molecule has 1 amide bonds. The van der Waals surface area contributed by atoms with Gasteiger partial charge in [-0.1, -0.05) is 30.5 Å². The van der Waals surface area contributed by atoms with Crippen LogP contribution in [0.3, 0.4) is 0 Å². The molecule has 0 N–H and O–H groups in total. The molecule has 1 heterocycles. The number of hydrogen-bond donors (Lipinski definition) is 0. The van der Waals surface area contributed by atoms with Crippen molar-refractivity contribution in [3.8, 4) is 17.6 Å². The van der Waals surface area contributed by atoms with Crippen LogP contribution < -0.4 is 4.74 Å². The summed E-state index contributed by atoms with van der Waals surface area (Å²) in [6.07, 6.45) is 2.82. The van der Waals surface area contributed by atoms with Gasteiger partial charge in [-0.3, -0.25) is 4.79 Å². The fraction of sp³-hybridized carbons (Fsp3) is 0.389. The zero-order chi connectivity index (χ0) is 16.1. The van der Waals surface area contributed by atoms with Crippen LogP contribution in [0.2, 0.25) is 5.02 Å². The molecule has 116 valence electrons. The van der Waals surface area contributed by atoms with Crippen LogP contribution in [0.4, 0.5) is 0 Å². The summed E-state index contributed by atoms with van der Waals surface area (Å²) in [7, 11) is 0. The number of allylic oxidation sites excluding steroid dienone is 1. The number of amides is 1. The van der Waals surface area contributed by atoms with E-state index in [0.717, 1.165) is 17.7 Å². The Kier molecular flexibility index (Phi) is 5.51. The largest absolute Gasteiger partial charge is 0.481 e. The standard InChI is InChI=1S/C18H20ClNO2/c1-4-6-11-22-14-8-9-15(16(19)12-14)17-10-7-13(3)18(21)20(17)5-2/h8-10,12-13H,5,7,11H2,1-3H3. The number of rotatable bonds is 4. The Morgan fingerprint density at radius 3 is 2.86 bits per heavy atom. The predicted molar refractivity (Wildman–Crippen MR) is 89.5 cm³/mol. The first-order chi connectivity index (χ1) is 10.6. The number of benzene rings is 1. The average molecular weight is 318 g/mol. The Balaban J connectivity index is 2.28. The highest BCUT2D eigenvalue weighted by molar-refractivity contribution is 6.32. The smallest absolute Gasteiger partial charge is 0.230 e. The Morgan fingerprint density at radius 1 is 1.45 bits per heavy atom. The van der Waals surface area contributed by atoms with Gasteiger partial charge in [-0.15, -0.1) is 5.92 Å². The summed E-state index contributed by atoms with van der Waals surface area (Å²) in [5, 5.41) is 0.578. The summed E-state index contributed by atoms with van der Waals surface area (Å²) in [5.41, 5.74) is 1.74. The maximum atomic E-state index is 12.3. The molecular weight excluding hydrogens is 298 g/mol. The molecule has 1 aromatic rings. The molecule has 0 aliphatic carbocycles. The third kappa shape index (κ3) is 3.45. The van der Waals surface area contributed by atoms with E-state index < -0.39 is 0 Å². The van der Waals surface area contributed by atoms with E-state index in [1.54, 1.807) is 17.9 Å². The lowest BCUT2D eigenvalue weighted by Gasteiger charge is -2.31. The highest BCUT2D eigenvalue weighted by Gasteiger charge is 2.27. The van der Waals surface area contributed by atoms with Crippen molar-refractivity contribution < 1.29 is 9.53 Å². The van der Waals surface area contributed by atoms with Crippen molar-refractivity contribution in [1.29, 1.82) is 0 Å². The van der Waals surface area contributed by atoms with Gasteiger partial charge in [0, 0.05) is 23.7 Å². The van der Waals surface area contributed by atoms with Crippen LogP contribution in [0.15, 0.2) is 24.3 Å². The van der Waals surface area contributed by atoms with E-state index in [4.69, 9.17) is 16.3 Å². The van der Waals surface area contributed by atoms with Crippen molar-refractivity contribution in [2.75, 3.05) is 13.2 Å². The second-order valence-electron chi connectivity index (χ2n) is 5.17. The third-order valence-electron chi connectivity index (χ3n) is 3.66. The quantitative estimate of drug-likeness (QED) is 0.786. The third-order valence-corrected chi connectivity index (χ3v) is 3.98. The monoisotopic (exact) mass is 317 g/mol. The zero-order valence-corrected chi connectivity index (χ0v) is 13.9. The molecule has 0 saturated carbocycles. The number of carbonyl (C=O) groups is 1. The summed E-state index contributed by atoms with van der Waals surface area (Å²) in [6, 6.07) is 5.52. The van der Waals surface area contributed by atoms with Gasteiger partial charge in [-0.05, 0) is 38.5 Å². The van der Waals surface area contributed by atoms with Gasteiger partial charge in [0.15, 0.2) is 0 Å².